The van der Waals surface area contributed by atoms with Crippen molar-refractivity contribution in [2.45, 2.75) is 51.1 Å². The van der Waals surface area contributed by atoms with E-state index in [9.17, 15) is 9.59 Å². The fourth-order valence-corrected chi connectivity index (χ4v) is 3.37. The van der Waals surface area contributed by atoms with Crippen molar-refractivity contribution in [1.82, 2.24) is 26.2 Å². The minimum Gasteiger partial charge on any atom is -0.335 e. The molecule has 2 fully saturated rings. The molecule has 0 aliphatic carbocycles. The van der Waals surface area contributed by atoms with Crippen molar-refractivity contribution in [3.63, 3.8) is 0 Å². The average molecular weight is 345 g/mol. The number of nitrogens with zero attached hydrogens (tertiary/aromatic N) is 1. The number of hydrogen-bond donors (Lipinski definition) is 4. The predicted octanol–water partition coefficient (Wildman–Crippen LogP) is 0.732. The van der Waals surface area contributed by atoms with Crippen LogP contribution in [0.25, 0.3) is 0 Å². The van der Waals surface area contributed by atoms with E-state index in [4.69, 9.17) is 0 Å². The summed E-state index contributed by atoms with van der Waals surface area (Å²) in [6, 6.07) is 10.1. The van der Waals surface area contributed by atoms with Gasteiger partial charge in [0.2, 0.25) is 5.91 Å². The molecule has 7 nitrogen and oxygen atoms in total. The number of hydrogen-bond acceptors (Lipinski definition) is 4. The van der Waals surface area contributed by atoms with Crippen LogP contribution in [0.3, 0.4) is 0 Å². The number of benzene rings is 1. The second-order valence-electron chi connectivity index (χ2n) is 6.86. The summed E-state index contributed by atoms with van der Waals surface area (Å²) < 4.78 is 0. The molecule has 2 heterocycles. The average Bonchev–Trinajstić information content (AvgIpc) is 2.61. The highest BCUT2D eigenvalue weighted by atomic mass is 16.2. The minimum atomic E-state index is -0.125. The van der Waals surface area contributed by atoms with Gasteiger partial charge in [0.15, 0.2) is 0 Å². The number of likely N-dealkylation sites (tertiary alicyclic amines) is 1. The Balaban J connectivity index is 1.38. The van der Waals surface area contributed by atoms with Gasteiger partial charge in [-0.25, -0.2) is 4.79 Å². The lowest BCUT2D eigenvalue weighted by molar-refractivity contribution is -0.127. The highest BCUT2D eigenvalue weighted by molar-refractivity contribution is 5.77. The largest absolute Gasteiger partial charge is 0.335 e. The third-order valence-electron chi connectivity index (χ3n) is 4.76. The van der Waals surface area contributed by atoms with Crippen LogP contribution in [0.1, 0.15) is 31.7 Å². The van der Waals surface area contributed by atoms with Gasteiger partial charge in [0.05, 0.1) is 0 Å². The molecular weight excluding hydrogens is 318 g/mol. The van der Waals surface area contributed by atoms with Crippen molar-refractivity contribution in [3.8, 4) is 0 Å². The summed E-state index contributed by atoms with van der Waals surface area (Å²) >= 11 is 0. The van der Waals surface area contributed by atoms with Gasteiger partial charge in [-0.2, -0.15) is 0 Å². The summed E-state index contributed by atoms with van der Waals surface area (Å²) in [4.78, 5) is 26.0. The summed E-state index contributed by atoms with van der Waals surface area (Å²) in [6.45, 7) is 4.24. The summed E-state index contributed by atoms with van der Waals surface area (Å²) in [5, 5.41) is 12.3. The molecule has 3 rings (SSSR count). The van der Waals surface area contributed by atoms with Gasteiger partial charge in [0.25, 0.3) is 0 Å². The number of carbonyl (C=O) groups excluding carboxylic acids is 2. The Morgan fingerprint density at radius 2 is 1.96 bits per heavy atom. The standard InChI is InChI=1S/C18H27N5O2/c1-13-11-16(24)22-17(20-13)23-9-7-15(8-10-23)21-18(25)19-12-14-5-3-2-4-6-14/h2-6,13,15,17,20H,7-12H2,1H3,(H,22,24)(H2,19,21,25). The molecule has 7 heteroatoms. The molecule has 0 saturated carbocycles. The lowest BCUT2D eigenvalue weighted by Crippen LogP contribution is -2.65. The zero-order chi connectivity index (χ0) is 17.6. The quantitative estimate of drug-likeness (QED) is 0.648. The molecule has 2 aliphatic rings. The van der Waals surface area contributed by atoms with E-state index in [1.54, 1.807) is 0 Å². The van der Waals surface area contributed by atoms with Gasteiger partial charge >= 0.3 is 6.03 Å². The van der Waals surface area contributed by atoms with Gasteiger partial charge in [-0.15, -0.1) is 0 Å². The van der Waals surface area contributed by atoms with E-state index in [2.05, 4.69) is 26.2 Å². The van der Waals surface area contributed by atoms with E-state index < -0.39 is 0 Å². The molecular formula is C18H27N5O2. The zero-order valence-electron chi connectivity index (χ0n) is 14.6. The van der Waals surface area contributed by atoms with Gasteiger partial charge in [-0.3, -0.25) is 15.0 Å². The van der Waals surface area contributed by atoms with Gasteiger partial charge in [-0.05, 0) is 25.3 Å². The Morgan fingerprint density at radius 1 is 1.24 bits per heavy atom. The molecule has 0 bridgehead atoms. The first-order chi connectivity index (χ1) is 12.1. The third-order valence-corrected chi connectivity index (χ3v) is 4.76. The first kappa shape index (κ1) is 17.7. The molecule has 2 saturated heterocycles. The van der Waals surface area contributed by atoms with Crippen LogP contribution < -0.4 is 21.3 Å². The molecule has 4 N–H and O–H groups in total. The van der Waals surface area contributed by atoms with Crippen molar-refractivity contribution >= 4 is 11.9 Å². The molecule has 0 spiro atoms. The molecule has 1 aromatic rings. The van der Waals surface area contributed by atoms with Crippen molar-refractivity contribution in [3.05, 3.63) is 35.9 Å². The van der Waals surface area contributed by atoms with Crippen LogP contribution in [0, 0.1) is 0 Å². The Bertz CT molecular complexity index is 586. The van der Waals surface area contributed by atoms with E-state index in [1.165, 1.54) is 0 Å². The Kier molecular flexibility index (Phi) is 5.88. The number of nitrogens with one attached hydrogen (secondary N) is 4. The summed E-state index contributed by atoms with van der Waals surface area (Å²) in [6.07, 6.45) is 2.18. The van der Waals surface area contributed by atoms with Crippen LogP contribution in [0.5, 0.6) is 0 Å². The second kappa shape index (κ2) is 8.31. The topological polar surface area (TPSA) is 85.5 Å². The van der Waals surface area contributed by atoms with Crippen LogP contribution in [-0.2, 0) is 11.3 Å². The summed E-state index contributed by atoms with van der Waals surface area (Å²) in [5.74, 6) is 0.0942. The molecule has 0 radical (unpaired) electrons. The van der Waals surface area contributed by atoms with E-state index >= 15 is 0 Å². The molecule has 25 heavy (non-hydrogen) atoms. The van der Waals surface area contributed by atoms with Gasteiger partial charge in [0, 0.05) is 38.1 Å². The maximum Gasteiger partial charge on any atom is 0.315 e. The number of urea groups is 1. The van der Waals surface area contributed by atoms with Crippen molar-refractivity contribution in [2.24, 2.45) is 0 Å². The first-order valence-corrected chi connectivity index (χ1v) is 8.98. The number of carbonyl (C=O) groups is 2. The molecule has 3 amide bonds. The van der Waals surface area contributed by atoms with Crippen molar-refractivity contribution in [2.75, 3.05) is 13.1 Å². The Labute approximate surface area is 148 Å². The second-order valence-corrected chi connectivity index (χ2v) is 6.86. The lowest BCUT2D eigenvalue weighted by atomic mass is 10.0. The van der Waals surface area contributed by atoms with E-state index in [0.717, 1.165) is 31.5 Å². The van der Waals surface area contributed by atoms with Crippen molar-refractivity contribution in [1.29, 1.82) is 0 Å². The summed E-state index contributed by atoms with van der Waals surface area (Å²) in [7, 11) is 0. The first-order valence-electron chi connectivity index (χ1n) is 8.98. The fraction of sp³-hybridized carbons (Fsp3) is 0.556. The minimum absolute atomic E-state index is 0.0934. The number of rotatable bonds is 4. The predicted molar refractivity (Wildman–Crippen MR) is 95.6 cm³/mol. The maximum absolute atomic E-state index is 12.0. The Hall–Kier alpha value is -2.12. The fourth-order valence-electron chi connectivity index (χ4n) is 3.37. The molecule has 0 aromatic heterocycles. The van der Waals surface area contributed by atoms with Crippen molar-refractivity contribution < 1.29 is 9.59 Å². The maximum atomic E-state index is 12.0. The highest BCUT2D eigenvalue weighted by Crippen LogP contribution is 2.14. The normalized spacial score (nSPS) is 25.2. The Morgan fingerprint density at radius 3 is 2.64 bits per heavy atom. The molecule has 2 unspecified atom stereocenters. The highest BCUT2D eigenvalue weighted by Gasteiger charge is 2.30. The summed E-state index contributed by atoms with van der Waals surface area (Å²) in [5.41, 5.74) is 1.08. The van der Waals surface area contributed by atoms with E-state index in [1.807, 2.05) is 37.3 Å². The van der Waals surface area contributed by atoms with E-state index in [-0.39, 0.29) is 30.3 Å². The SMILES string of the molecule is CC1CC(=O)NC(N2CCC(NC(=O)NCc3ccccc3)CC2)N1. The number of piperidine rings is 1. The molecule has 136 valence electrons. The van der Waals surface area contributed by atoms with E-state index in [0.29, 0.717) is 13.0 Å². The smallest absolute Gasteiger partial charge is 0.315 e. The zero-order valence-corrected chi connectivity index (χ0v) is 14.6. The van der Waals surface area contributed by atoms with Crippen LogP contribution in [0.4, 0.5) is 4.79 Å². The number of amides is 3. The van der Waals surface area contributed by atoms with Crippen LogP contribution >= 0.6 is 0 Å². The lowest BCUT2D eigenvalue weighted by Gasteiger charge is -2.41. The molecule has 1 aromatic carbocycles. The third kappa shape index (κ3) is 5.17. The van der Waals surface area contributed by atoms with Crippen LogP contribution in [0.2, 0.25) is 0 Å². The molecule has 2 aliphatic heterocycles. The molecule has 2 atom stereocenters. The monoisotopic (exact) mass is 345 g/mol. The van der Waals surface area contributed by atoms with Gasteiger partial charge in [-0.1, -0.05) is 30.3 Å². The van der Waals surface area contributed by atoms with Crippen LogP contribution in [0.15, 0.2) is 30.3 Å². The van der Waals surface area contributed by atoms with Gasteiger partial charge in [0.1, 0.15) is 6.29 Å². The van der Waals surface area contributed by atoms with Gasteiger partial charge < -0.3 is 16.0 Å². The van der Waals surface area contributed by atoms with Crippen LogP contribution in [-0.4, -0.2) is 48.3 Å².